The maximum Gasteiger partial charge on any atom is 0.352 e. The molecule has 0 bridgehead atoms. The molecule has 208 valence electrons. The molecule has 2 aromatic carbocycles. The van der Waals surface area contributed by atoms with E-state index < -0.39 is 35.7 Å². The summed E-state index contributed by atoms with van der Waals surface area (Å²) in [7, 11) is 1.46. The lowest BCUT2D eigenvalue weighted by atomic mass is 9.99. The van der Waals surface area contributed by atoms with Gasteiger partial charge in [-0.15, -0.1) is 0 Å². The number of amides is 1. The Morgan fingerprint density at radius 3 is 2.73 bits per heavy atom. The number of rotatable bonds is 7. The largest absolute Gasteiger partial charge is 0.493 e. The molecular weight excluding hydrogens is 527 g/mol. The number of nitrogens with zero attached hydrogens (tertiary/aromatic N) is 2. The fourth-order valence-electron chi connectivity index (χ4n) is 4.56. The van der Waals surface area contributed by atoms with Crippen LogP contribution < -0.4 is 36.1 Å². The number of ether oxygens (including phenoxy) is 2. The quantitative estimate of drug-likeness (QED) is 0.275. The summed E-state index contributed by atoms with van der Waals surface area (Å²) in [5, 5.41) is 26.8. The van der Waals surface area contributed by atoms with Crippen LogP contribution in [0.3, 0.4) is 0 Å². The number of nitrogens with one attached hydrogen (secondary N) is 3. The number of aliphatic carboxylic acids is 2. The third-order valence-electron chi connectivity index (χ3n) is 6.49. The molecule has 3 atom stereocenters. The number of likely N-dealkylation sites (N-methyl/N-ethyl adjacent to an activating group) is 1. The molecule has 0 saturated carbocycles. The first-order valence-corrected chi connectivity index (χ1v) is 12.2. The predicted octanol–water partition coefficient (Wildman–Crippen LogP) is 1.72. The first kappa shape index (κ1) is 26.5. The number of guanidine groups is 1. The first-order valence-electron chi connectivity index (χ1n) is 12.2. The molecule has 2 aromatic rings. The van der Waals surface area contributed by atoms with E-state index in [0.29, 0.717) is 36.1 Å². The smallest absolute Gasteiger partial charge is 0.352 e. The third-order valence-corrected chi connectivity index (χ3v) is 6.49. The van der Waals surface area contributed by atoms with Crippen LogP contribution in [0.1, 0.15) is 29.7 Å². The Labute approximate surface area is 226 Å². The van der Waals surface area contributed by atoms with Crippen LogP contribution in [0, 0.1) is 0 Å². The Balaban J connectivity index is 1.57. The van der Waals surface area contributed by atoms with Gasteiger partial charge in [-0.05, 0) is 24.3 Å². The fraction of sp³-hybridized carbons (Fsp3) is 0.231. The van der Waals surface area contributed by atoms with E-state index in [1.54, 1.807) is 36.4 Å². The summed E-state index contributed by atoms with van der Waals surface area (Å²) in [4.78, 5) is 40.5. The van der Waals surface area contributed by atoms with Crippen LogP contribution in [0.15, 0.2) is 65.2 Å². The van der Waals surface area contributed by atoms with E-state index in [-0.39, 0.29) is 29.3 Å². The number of carboxylic acid groups (broad SMARTS) is 2. The number of benzene rings is 2. The van der Waals surface area contributed by atoms with Gasteiger partial charge in [0.2, 0.25) is 12.1 Å². The lowest BCUT2D eigenvalue weighted by Crippen LogP contribution is -2.53. The summed E-state index contributed by atoms with van der Waals surface area (Å²) < 4.78 is 26.9. The first-order chi connectivity index (χ1) is 19.2. The Bertz CT molecular complexity index is 1490. The van der Waals surface area contributed by atoms with E-state index in [4.69, 9.17) is 20.3 Å². The molecule has 5 rings (SSSR count). The van der Waals surface area contributed by atoms with Gasteiger partial charge in [-0.1, -0.05) is 12.1 Å². The monoisotopic (exact) mass is 552 g/mol. The molecule has 3 aliphatic heterocycles. The van der Waals surface area contributed by atoms with Crippen LogP contribution in [0.4, 0.5) is 15.8 Å². The van der Waals surface area contributed by atoms with Gasteiger partial charge in [0.1, 0.15) is 11.4 Å². The van der Waals surface area contributed by atoms with Gasteiger partial charge in [0, 0.05) is 36.3 Å². The maximum absolute atomic E-state index is 15.5. The Kier molecular flexibility index (Phi) is 7.00. The van der Waals surface area contributed by atoms with Crippen molar-refractivity contribution in [3.05, 3.63) is 71.3 Å². The number of carbonyl (C=O) groups is 3. The normalized spacial score (nSPS) is 21.2. The second kappa shape index (κ2) is 10.6. The van der Waals surface area contributed by atoms with Gasteiger partial charge in [-0.2, -0.15) is 0 Å². The summed E-state index contributed by atoms with van der Waals surface area (Å²) in [6, 6.07) is 9.70. The second-order valence-corrected chi connectivity index (χ2v) is 9.01. The van der Waals surface area contributed by atoms with E-state index in [9.17, 15) is 19.5 Å². The minimum absolute atomic E-state index is 0.216. The molecule has 3 heterocycles. The molecular formula is C26H25FN6O7. The number of aliphatic imine (C=N–C) groups is 1. The van der Waals surface area contributed by atoms with Crippen molar-refractivity contribution in [1.29, 1.82) is 0 Å². The number of halogens is 1. The van der Waals surface area contributed by atoms with Crippen molar-refractivity contribution < 1.29 is 38.5 Å². The van der Waals surface area contributed by atoms with E-state index in [1.807, 2.05) is 0 Å². The zero-order chi connectivity index (χ0) is 28.6. The molecule has 0 radical (unpaired) electrons. The van der Waals surface area contributed by atoms with Crippen LogP contribution in [-0.2, 0) is 14.4 Å². The molecule has 14 heteroatoms. The van der Waals surface area contributed by atoms with Gasteiger partial charge in [0.05, 0.1) is 24.6 Å². The van der Waals surface area contributed by atoms with Gasteiger partial charge in [-0.25, -0.2) is 19.0 Å². The third kappa shape index (κ3) is 4.87. The number of hydrogen-bond acceptors (Lipinski definition) is 10. The average molecular weight is 553 g/mol. The number of fused-ring (bicyclic) bond motifs is 2. The minimum Gasteiger partial charge on any atom is -0.493 e. The van der Waals surface area contributed by atoms with Crippen molar-refractivity contribution in [2.45, 2.75) is 24.7 Å². The SMILES string of the molecule is CNC(=O)C1Oc2c1cccc2N1C(N/C(=C\C(=O)O)C(=O)O)=NC=C(F)C1Nc1ccc2c(c1)C(N)CCO2. The van der Waals surface area contributed by atoms with E-state index in [0.717, 1.165) is 11.8 Å². The Morgan fingerprint density at radius 1 is 1.20 bits per heavy atom. The molecule has 0 aliphatic carbocycles. The van der Waals surface area contributed by atoms with Gasteiger partial charge in [-0.3, -0.25) is 9.69 Å². The summed E-state index contributed by atoms with van der Waals surface area (Å²) in [5.74, 6) is -3.58. The Hall–Kier alpha value is -5.11. The lowest BCUT2D eigenvalue weighted by Gasteiger charge is -2.40. The number of carboxylic acids is 2. The van der Waals surface area contributed by atoms with Crippen LogP contribution >= 0.6 is 0 Å². The number of anilines is 2. The summed E-state index contributed by atoms with van der Waals surface area (Å²) in [6.45, 7) is 0.478. The zero-order valence-electron chi connectivity index (χ0n) is 21.1. The molecule has 7 N–H and O–H groups in total. The highest BCUT2D eigenvalue weighted by atomic mass is 19.1. The van der Waals surface area contributed by atoms with Gasteiger partial charge in [0.25, 0.3) is 5.91 Å². The summed E-state index contributed by atoms with van der Waals surface area (Å²) in [6.07, 6.45) is -0.254. The van der Waals surface area contributed by atoms with E-state index in [1.165, 1.54) is 11.9 Å². The lowest BCUT2D eigenvalue weighted by molar-refractivity contribution is -0.135. The van der Waals surface area contributed by atoms with Crippen molar-refractivity contribution in [1.82, 2.24) is 10.6 Å². The number of para-hydroxylation sites is 1. The van der Waals surface area contributed by atoms with Gasteiger partial charge >= 0.3 is 11.9 Å². The van der Waals surface area contributed by atoms with Crippen molar-refractivity contribution in [2.24, 2.45) is 10.7 Å². The summed E-state index contributed by atoms with van der Waals surface area (Å²) in [5.41, 5.74) is 7.47. The van der Waals surface area contributed by atoms with Crippen LogP contribution in [0.25, 0.3) is 0 Å². The van der Waals surface area contributed by atoms with Gasteiger partial charge < -0.3 is 41.4 Å². The molecule has 0 saturated heterocycles. The van der Waals surface area contributed by atoms with Crippen molar-refractivity contribution in [3.8, 4) is 11.5 Å². The van der Waals surface area contributed by atoms with E-state index >= 15 is 4.39 Å². The molecule has 0 aromatic heterocycles. The molecule has 1 amide bonds. The standard InChI is InChI=1S/C26H25FN6O7/c1-29-24(36)22-13-3-2-4-18(21(13)40-22)33-23(31-12-5-6-19-14(9-12)16(28)7-8-39-19)15(27)11-30-26(33)32-17(25(37)38)10-20(34)35/h2-6,9-11,16,22-23,31H,7-8,28H2,1H3,(H,29,36)(H,30,32)(H,34,35)(H,37,38)/b17-10-. The predicted molar refractivity (Wildman–Crippen MR) is 140 cm³/mol. The summed E-state index contributed by atoms with van der Waals surface area (Å²) >= 11 is 0. The number of carbonyl (C=O) groups excluding carboxylic acids is 1. The highest BCUT2D eigenvalue weighted by Crippen LogP contribution is 2.47. The maximum atomic E-state index is 15.5. The topological polar surface area (TPSA) is 188 Å². The van der Waals surface area contributed by atoms with Crippen molar-refractivity contribution in [2.75, 3.05) is 23.9 Å². The van der Waals surface area contributed by atoms with Crippen LogP contribution in [0.2, 0.25) is 0 Å². The van der Waals surface area contributed by atoms with Gasteiger partial charge in [0.15, 0.2) is 17.7 Å². The minimum atomic E-state index is -1.58. The second-order valence-electron chi connectivity index (χ2n) is 9.01. The molecule has 3 unspecified atom stereocenters. The van der Waals surface area contributed by atoms with Crippen molar-refractivity contribution in [3.63, 3.8) is 0 Å². The Morgan fingerprint density at radius 2 is 2.00 bits per heavy atom. The molecule has 0 spiro atoms. The highest BCUT2D eigenvalue weighted by molar-refractivity contribution is 6.06. The zero-order valence-corrected chi connectivity index (χ0v) is 21.1. The number of nitrogens with two attached hydrogens (primary N) is 1. The number of hydrogen-bond donors (Lipinski definition) is 6. The highest BCUT2D eigenvalue weighted by Gasteiger charge is 2.41. The molecule has 3 aliphatic rings. The van der Waals surface area contributed by atoms with Crippen molar-refractivity contribution >= 4 is 35.2 Å². The average Bonchev–Trinajstić information content (AvgIpc) is 2.90. The molecule has 13 nitrogen and oxygen atoms in total. The molecule has 40 heavy (non-hydrogen) atoms. The van der Waals surface area contributed by atoms with E-state index in [2.05, 4.69) is 20.9 Å². The molecule has 0 fully saturated rings. The van der Waals surface area contributed by atoms with Crippen LogP contribution in [0.5, 0.6) is 11.5 Å². The fourth-order valence-corrected chi connectivity index (χ4v) is 4.56. The van der Waals surface area contributed by atoms with Crippen LogP contribution in [-0.4, -0.2) is 53.8 Å².